The molecule has 3 N–H and O–H groups in total. The Balaban J connectivity index is 1.88. The van der Waals surface area contributed by atoms with Crippen LogP contribution in [-0.2, 0) is 19.5 Å². The number of H-pyrrole nitrogens is 1. The van der Waals surface area contributed by atoms with Gasteiger partial charge in [-0.2, -0.15) is 13.5 Å². The molecule has 14 heteroatoms. The summed E-state index contributed by atoms with van der Waals surface area (Å²) in [6.07, 6.45) is 1.20. The maximum absolute atomic E-state index is 12.0. The fraction of sp³-hybridized carbons (Fsp3) is 0.0526. The average molecular weight is 486 g/mol. The van der Waals surface area contributed by atoms with E-state index in [-0.39, 0.29) is 17.2 Å². The van der Waals surface area contributed by atoms with E-state index in [0.717, 1.165) is 27.3 Å². The molecule has 0 amide bonds. The third kappa shape index (κ3) is 4.50. The normalized spacial score (nSPS) is 11.9. The summed E-state index contributed by atoms with van der Waals surface area (Å²) in [6.45, 7) is 9.25. The highest BCUT2D eigenvalue weighted by atomic mass is 32.2. The minimum Gasteiger partial charge on any atom is -0.357 e. The Morgan fingerprint density at radius 2 is 2.03 bits per heavy atom. The Bertz CT molecular complexity index is 1520. The molecule has 2 aromatic carbocycles. The number of hydrogen-bond donors (Lipinski definition) is 3. The van der Waals surface area contributed by atoms with Crippen LogP contribution in [0.1, 0.15) is 5.69 Å². The number of aryl methyl sites for hydroxylation is 1. The van der Waals surface area contributed by atoms with E-state index in [1.807, 2.05) is 31.2 Å². The van der Waals surface area contributed by atoms with Crippen molar-refractivity contribution in [3.63, 3.8) is 0 Å². The third-order valence-corrected chi connectivity index (χ3v) is 6.02. The largest absolute Gasteiger partial charge is 0.357 e. The van der Waals surface area contributed by atoms with Crippen LogP contribution in [0, 0.1) is 13.5 Å². The van der Waals surface area contributed by atoms with Crippen molar-refractivity contribution in [3.8, 4) is 5.69 Å². The van der Waals surface area contributed by atoms with Gasteiger partial charge >= 0.3 is 0 Å². The van der Waals surface area contributed by atoms with Crippen LogP contribution in [0.4, 0.5) is 17.2 Å². The molecule has 0 bridgehead atoms. The summed E-state index contributed by atoms with van der Waals surface area (Å²) in [6, 6.07) is 11.2. The number of azo groups is 1. The molecule has 0 atom stereocenters. The Kier molecular flexibility index (Phi) is 6.24. The van der Waals surface area contributed by atoms with Crippen molar-refractivity contribution in [1.82, 2.24) is 14.8 Å². The van der Waals surface area contributed by atoms with Crippen LogP contribution >= 0.6 is 12.0 Å². The summed E-state index contributed by atoms with van der Waals surface area (Å²) < 4.78 is 39.1. The van der Waals surface area contributed by atoms with E-state index in [1.54, 1.807) is 0 Å². The zero-order chi connectivity index (χ0) is 23.6. The summed E-state index contributed by atoms with van der Waals surface area (Å²) in [4.78, 5) is 6.37. The van der Waals surface area contributed by atoms with Gasteiger partial charge in [0.15, 0.2) is 5.82 Å². The summed E-state index contributed by atoms with van der Waals surface area (Å²) in [5.74, 6) is -0.0546. The van der Waals surface area contributed by atoms with Gasteiger partial charge in [-0.25, -0.2) is 14.8 Å². The molecule has 12 nitrogen and oxygen atoms in total. The van der Waals surface area contributed by atoms with E-state index in [2.05, 4.69) is 34.5 Å². The minimum absolute atomic E-state index is 0.00512. The number of nitrogens with zero attached hydrogens (tertiary/aromatic N) is 5. The molecule has 4 aromatic rings. The quantitative estimate of drug-likeness (QED) is 0.0793. The monoisotopic (exact) mass is 486 g/mol. The number of aromatic amines is 1. The van der Waals surface area contributed by atoms with Gasteiger partial charge in [-0.1, -0.05) is 23.2 Å². The van der Waals surface area contributed by atoms with Gasteiger partial charge in [-0.05, 0) is 31.2 Å². The summed E-state index contributed by atoms with van der Waals surface area (Å²) in [5, 5.41) is 25.3. The molecular weight excluding hydrogens is 472 g/mol. The van der Waals surface area contributed by atoms with Crippen molar-refractivity contribution in [2.45, 2.75) is 16.7 Å². The molecule has 33 heavy (non-hydrogen) atoms. The SMILES string of the molecule is [C-]#[N+]c1cnn(-c2cc(SOOO)ccc2S(=O)(=O)O)c1N=Nc1c(C)[nH]c2ccccc12. The van der Waals surface area contributed by atoms with Crippen molar-refractivity contribution < 1.29 is 27.6 Å². The Hall–Kier alpha value is -3.58. The lowest BCUT2D eigenvalue weighted by Gasteiger charge is -2.10. The van der Waals surface area contributed by atoms with Gasteiger partial charge in [0.2, 0.25) is 0 Å². The van der Waals surface area contributed by atoms with E-state index in [1.165, 1.54) is 18.3 Å². The lowest BCUT2D eigenvalue weighted by molar-refractivity contribution is -0.432. The second kappa shape index (κ2) is 9.11. The van der Waals surface area contributed by atoms with Gasteiger partial charge in [0.1, 0.15) is 10.6 Å². The first-order chi connectivity index (χ1) is 15.8. The van der Waals surface area contributed by atoms with E-state index < -0.39 is 15.0 Å². The second-order valence-corrected chi connectivity index (χ2v) is 8.72. The van der Waals surface area contributed by atoms with Crippen LogP contribution < -0.4 is 0 Å². The smallest absolute Gasteiger partial charge is 0.296 e. The number of hydrogen-bond acceptors (Lipinski definition) is 9. The highest BCUT2D eigenvalue weighted by molar-refractivity contribution is 7.94. The first-order valence-corrected chi connectivity index (χ1v) is 11.2. The lowest BCUT2D eigenvalue weighted by Crippen LogP contribution is -2.07. The number of fused-ring (bicyclic) bond motifs is 1. The van der Waals surface area contributed by atoms with Crippen molar-refractivity contribution in [1.29, 1.82) is 0 Å². The molecule has 0 fully saturated rings. The lowest BCUT2D eigenvalue weighted by atomic mass is 10.2. The highest BCUT2D eigenvalue weighted by Crippen LogP contribution is 2.37. The molecule has 0 saturated heterocycles. The van der Waals surface area contributed by atoms with Crippen LogP contribution in [0.15, 0.2) is 68.7 Å². The number of rotatable bonds is 7. The van der Waals surface area contributed by atoms with Gasteiger partial charge < -0.3 is 4.98 Å². The molecule has 168 valence electrons. The second-order valence-electron chi connectivity index (χ2n) is 6.55. The first-order valence-electron chi connectivity index (χ1n) is 9.04. The summed E-state index contributed by atoms with van der Waals surface area (Å²) in [7, 11) is -4.67. The standard InChI is InChI=1S/C19H14N6O6S2/c1-11-18(13-5-3-4-6-14(13)22-11)23-24-19-15(20-2)10-21-25(19)16-9-12(32-31-30-26)7-8-17(16)33(27,28)29/h3-10,22,26H,1H3,(H,27,28,29). The van der Waals surface area contributed by atoms with Gasteiger partial charge in [0, 0.05) is 21.5 Å². The predicted octanol–water partition coefficient (Wildman–Crippen LogP) is 5.30. The third-order valence-electron chi connectivity index (χ3n) is 4.55. The van der Waals surface area contributed by atoms with Crippen molar-refractivity contribution >= 4 is 50.3 Å². The molecule has 0 spiro atoms. The Morgan fingerprint density at radius 1 is 1.24 bits per heavy atom. The molecule has 0 aliphatic heterocycles. The van der Waals surface area contributed by atoms with Crippen LogP contribution in [-0.4, -0.2) is 33.0 Å². The summed E-state index contributed by atoms with van der Waals surface area (Å²) in [5.41, 5.74) is 2.03. The fourth-order valence-electron chi connectivity index (χ4n) is 3.16. The van der Waals surface area contributed by atoms with E-state index >= 15 is 0 Å². The Morgan fingerprint density at radius 3 is 2.76 bits per heavy atom. The van der Waals surface area contributed by atoms with E-state index in [9.17, 15) is 13.0 Å². The molecule has 0 aliphatic carbocycles. The van der Waals surface area contributed by atoms with Crippen molar-refractivity contribution in [2.24, 2.45) is 10.2 Å². The molecule has 0 saturated carbocycles. The predicted molar refractivity (Wildman–Crippen MR) is 118 cm³/mol. The minimum atomic E-state index is -4.67. The number of para-hydroxylation sites is 1. The van der Waals surface area contributed by atoms with Gasteiger partial charge in [0.25, 0.3) is 15.8 Å². The maximum Gasteiger partial charge on any atom is 0.296 e. The molecule has 4 rings (SSSR count). The highest BCUT2D eigenvalue weighted by Gasteiger charge is 2.22. The van der Waals surface area contributed by atoms with E-state index in [0.29, 0.717) is 22.6 Å². The van der Waals surface area contributed by atoms with Crippen LogP contribution in [0.3, 0.4) is 0 Å². The van der Waals surface area contributed by atoms with Crippen LogP contribution in [0.25, 0.3) is 21.4 Å². The fourth-order valence-corrected chi connectivity index (χ4v) is 4.20. The molecule has 0 aliphatic rings. The number of benzene rings is 2. The zero-order valence-corrected chi connectivity index (χ0v) is 18.3. The molecule has 0 unspecified atom stereocenters. The number of nitrogens with one attached hydrogen (secondary N) is 1. The first kappa shape index (κ1) is 22.6. The van der Waals surface area contributed by atoms with Gasteiger partial charge in [0.05, 0.1) is 30.5 Å². The topological polar surface area (TPSA) is 156 Å². The van der Waals surface area contributed by atoms with Crippen LogP contribution in [0.2, 0.25) is 0 Å². The summed E-state index contributed by atoms with van der Waals surface area (Å²) >= 11 is 0.573. The molecule has 0 radical (unpaired) electrons. The van der Waals surface area contributed by atoms with E-state index in [4.69, 9.17) is 11.8 Å². The molecule has 2 aromatic heterocycles. The van der Waals surface area contributed by atoms with Gasteiger partial charge in [-0.3, -0.25) is 4.55 Å². The van der Waals surface area contributed by atoms with Gasteiger partial charge in [-0.15, -0.1) is 14.6 Å². The van der Waals surface area contributed by atoms with Crippen molar-refractivity contribution in [2.75, 3.05) is 0 Å². The molecule has 2 heterocycles. The van der Waals surface area contributed by atoms with Crippen LogP contribution in [0.5, 0.6) is 0 Å². The maximum atomic E-state index is 12.0. The zero-order valence-electron chi connectivity index (χ0n) is 16.7. The number of aromatic nitrogens is 3. The molecular formula is C19H14N6O6S2. The average Bonchev–Trinajstić information content (AvgIpc) is 3.34. The van der Waals surface area contributed by atoms with Crippen molar-refractivity contribution in [3.05, 3.63) is 65.8 Å². The Labute approximate surface area is 191 Å².